The first-order valence-electron chi connectivity index (χ1n) is 8.05. The maximum absolute atomic E-state index is 3.60. The van der Waals surface area contributed by atoms with E-state index in [-0.39, 0.29) is 0 Å². The van der Waals surface area contributed by atoms with Gasteiger partial charge >= 0.3 is 0 Å². The highest BCUT2D eigenvalue weighted by Gasteiger charge is 2.12. The van der Waals surface area contributed by atoms with Gasteiger partial charge in [0.05, 0.1) is 0 Å². The lowest BCUT2D eigenvalue weighted by Crippen LogP contribution is -1.81. The first-order valence-corrected chi connectivity index (χ1v) is 8.87. The summed E-state index contributed by atoms with van der Waals surface area (Å²) < 4.78 is 2.68. The molecule has 2 aromatic heterocycles. The molecule has 0 saturated carbocycles. The first-order chi connectivity index (χ1) is 11.9. The van der Waals surface area contributed by atoms with Gasteiger partial charge in [-0.25, -0.2) is 0 Å². The van der Waals surface area contributed by atoms with Crippen molar-refractivity contribution in [3.63, 3.8) is 0 Å². The van der Waals surface area contributed by atoms with Crippen LogP contribution in [-0.4, -0.2) is 4.98 Å². The van der Waals surface area contributed by atoms with Gasteiger partial charge in [-0.2, -0.15) is 0 Å². The third-order valence-corrected chi connectivity index (χ3v) is 5.60. The molecule has 0 spiro atoms. The van der Waals surface area contributed by atoms with Crippen LogP contribution in [0.2, 0.25) is 0 Å². The van der Waals surface area contributed by atoms with Crippen LogP contribution < -0.4 is 0 Å². The zero-order valence-corrected chi connectivity index (χ0v) is 13.8. The van der Waals surface area contributed by atoms with E-state index in [0.717, 1.165) is 5.69 Å². The average Bonchev–Trinajstić information content (AvgIpc) is 3.27. The minimum Gasteiger partial charge on any atom is -0.355 e. The molecule has 2 heterocycles. The summed E-state index contributed by atoms with van der Waals surface area (Å²) in [6.45, 7) is 0. The molecular weight excluding hydrogens is 310 g/mol. The Morgan fingerprint density at radius 3 is 2.25 bits per heavy atom. The average molecular weight is 325 g/mol. The molecule has 0 bridgehead atoms. The van der Waals surface area contributed by atoms with E-state index in [1.54, 1.807) is 0 Å². The van der Waals surface area contributed by atoms with Gasteiger partial charge in [-0.3, -0.25) is 0 Å². The lowest BCUT2D eigenvalue weighted by Gasteiger charge is -2.03. The molecule has 3 aromatic carbocycles. The summed E-state index contributed by atoms with van der Waals surface area (Å²) in [5.41, 5.74) is 4.81. The zero-order chi connectivity index (χ0) is 15.9. The summed E-state index contributed by atoms with van der Waals surface area (Å²) in [4.78, 5) is 3.60. The quantitative estimate of drug-likeness (QED) is 0.371. The summed E-state index contributed by atoms with van der Waals surface area (Å²) in [6, 6.07) is 30.0. The molecule has 0 radical (unpaired) electrons. The predicted molar refractivity (Wildman–Crippen MR) is 105 cm³/mol. The van der Waals surface area contributed by atoms with Crippen LogP contribution in [-0.2, 0) is 0 Å². The molecule has 1 nitrogen and oxygen atoms in total. The summed E-state index contributed by atoms with van der Waals surface area (Å²) in [5.74, 6) is 0. The Hall–Kier alpha value is -2.84. The van der Waals surface area contributed by atoms with Gasteiger partial charge in [0, 0.05) is 37.1 Å². The first kappa shape index (κ1) is 13.6. The summed E-state index contributed by atoms with van der Waals surface area (Å²) >= 11 is 1.86. The number of H-pyrrole nitrogens is 1. The Morgan fingerprint density at radius 2 is 1.33 bits per heavy atom. The normalized spacial score (nSPS) is 11.3. The highest BCUT2D eigenvalue weighted by Crippen LogP contribution is 2.39. The van der Waals surface area contributed by atoms with Crippen molar-refractivity contribution in [2.24, 2.45) is 0 Å². The molecule has 5 rings (SSSR count). The van der Waals surface area contributed by atoms with Crippen molar-refractivity contribution < 1.29 is 0 Å². The van der Waals surface area contributed by atoms with Crippen LogP contribution in [0.3, 0.4) is 0 Å². The van der Waals surface area contributed by atoms with E-state index in [2.05, 4.69) is 83.8 Å². The minimum absolute atomic E-state index is 1.15. The molecule has 0 aliphatic rings. The zero-order valence-electron chi connectivity index (χ0n) is 13.0. The molecule has 5 aromatic rings. The lowest BCUT2D eigenvalue weighted by molar-refractivity contribution is 1.40. The molecule has 114 valence electrons. The van der Waals surface area contributed by atoms with Crippen molar-refractivity contribution in [3.05, 3.63) is 84.9 Å². The number of aromatic nitrogens is 1. The molecule has 2 heteroatoms. The molecular formula is C22H15NS. The van der Waals surface area contributed by atoms with E-state index in [4.69, 9.17) is 0 Å². The van der Waals surface area contributed by atoms with Crippen LogP contribution in [0.4, 0.5) is 0 Å². The van der Waals surface area contributed by atoms with E-state index < -0.39 is 0 Å². The Morgan fingerprint density at radius 1 is 0.583 bits per heavy atom. The molecule has 0 fully saturated rings. The second-order valence-corrected chi connectivity index (χ2v) is 7.01. The number of hydrogen-bond acceptors (Lipinski definition) is 1. The Kier molecular flexibility index (Phi) is 3.03. The Labute approximate surface area is 144 Å². The summed E-state index contributed by atoms with van der Waals surface area (Å²) in [6.07, 6.45) is 0. The third kappa shape index (κ3) is 2.08. The number of aromatic amines is 1. The van der Waals surface area contributed by atoms with E-state index in [0.29, 0.717) is 0 Å². The maximum Gasteiger partial charge on any atom is 0.0465 e. The fraction of sp³-hybridized carbons (Fsp3) is 0. The molecule has 0 atom stereocenters. The van der Waals surface area contributed by atoms with Gasteiger partial charge in [-0.05, 0) is 29.8 Å². The summed E-state index contributed by atoms with van der Waals surface area (Å²) in [7, 11) is 0. The van der Waals surface area contributed by atoms with Crippen LogP contribution in [0, 0.1) is 0 Å². The van der Waals surface area contributed by atoms with Crippen molar-refractivity contribution in [2.45, 2.75) is 0 Å². The molecule has 0 unspecified atom stereocenters. The van der Waals surface area contributed by atoms with Crippen molar-refractivity contribution in [1.82, 2.24) is 4.98 Å². The Bertz CT molecular complexity index is 1150. The summed E-state index contributed by atoms with van der Waals surface area (Å²) in [5, 5.41) is 2.68. The Balaban J connectivity index is 1.74. The number of nitrogens with one attached hydrogen (secondary N) is 1. The topological polar surface area (TPSA) is 15.8 Å². The lowest BCUT2D eigenvalue weighted by atomic mass is 10.0. The van der Waals surface area contributed by atoms with Gasteiger partial charge in [0.1, 0.15) is 0 Å². The minimum atomic E-state index is 1.15. The van der Waals surface area contributed by atoms with Crippen molar-refractivity contribution in [3.8, 4) is 22.5 Å². The number of thiophene rings is 1. The molecule has 0 aliphatic carbocycles. The van der Waals surface area contributed by atoms with Gasteiger partial charge in [-0.1, -0.05) is 60.7 Å². The van der Waals surface area contributed by atoms with Crippen LogP contribution in [0.5, 0.6) is 0 Å². The third-order valence-electron chi connectivity index (χ3n) is 4.46. The van der Waals surface area contributed by atoms with Gasteiger partial charge in [0.2, 0.25) is 0 Å². The highest BCUT2D eigenvalue weighted by molar-refractivity contribution is 7.25. The van der Waals surface area contributed by atoms with Gasteiger partial charge in [-0.15, -0.1) is 11.3 Å². The van der Waals surface area contributed by atoms with Crippen LogP contribution in [0.15, 0.2) is 84.9 Å². The number of hydrogen-bond donors (Lipinski definition) is 1. The number of fused-ring (bicyclic) bond motifs is 3. The second-order valence-electron chi connectivity index (χ2n) is 5.93. The second kappa shape index (κ2) is 5.36. The molecule has 0 aliphatic heterocycles. The van der Waals surface area contributed by atoms with Gasteiger partial charge in [0.15, 0.2) is 0 Å². The maximum atomic E-state index is 3.60. The van der Waals surface area contributed by atoms with Crippen LogP contribution >= 0.6 is 11.3 Å². The molecule has 0 amide bonds. The van der Waals surface area contributed by atoms with Crippen LogP contribution in [0.25, 0.3) is 42.7 Å². The molecule has 24 heavy (non-hydrogen) atoms. The van der Waals surface area contributed by atoms with Gasteiger partial charge in [0.25, 0.3) is 0 Å². The number of rotatable bonds is 2. The molecule has 1 N–H and O–H groups in total. The molecule has 0 saturated heterocycles. The van der Waals surface area contributed by atoms with E-state index in [1.165, 1.54) is 37.0 Å². The smallest absolute Gasteiger partial charge is 0.0465 e. The predicted octanol–water partition coefficient (Wildman–Crippen LogP) is 6.72. The van der Waals surface area contributed by atoms with Crippen LogP contribution in [0.1, 0.15) is 0 Å². The van der Waals surface area contributed by atoms with E-state index in [9.17, 15) is 0 Å². The standard InChI is InChI=1S/C22H15NS/c1-2-7-15(8-3-1)18-13-14-19(23-18)16-10-6-12-21-22(16)17-9-4-5-11-20(17)24-21/h1-14,23H. The SMILES string of the molecule is c1ccc(-c2ccc(-c3cccc4sc5ccccc5c34)[nH]2)cc1. The van der Waals surface area contributed by atoms with E-state index in [1.807, 2.05) is 17.4 Å². The van der Waals surface area contributed by atoms with E-state index >= 15 is 0 Å². The van der Waals surface area contributed by atoms with Crippen molar-refractivity contribution in [1.29, 1.82) is 0 Å². The highest BCUT2D eigenvalue weighted by atomic mass is 32.1. The van der Waals surface area contributed by atoms with Crippen molar-refractivity contribution >= 4 is 31.5 Å². The fourth-order valence-electron chi connectivity index (χ4n) is 3.34. The fourth-order valence-corrected chi connectivity index (χ4v) is 4.47. The van der Waals surface area contributed by atoms with Gasteiger partial charge < -0.3 is 4.98 Å². The monoisotopic (exact) mass is 325 g/mol. The largest absolute Gasteiger partial charge is 0.355 e. The van der Waals surface area contributed by atoms with Crippen molar-refractivity contribution in [2.75, 3.05) is 0 Å². The number of benzene rings is 3.